The Hall–Kier alpha value is -0.120. The third kappa shape index (κ3) is 7.02. The van der Waals surface area contributed by atoms with Crippen molar-refractivity contribution in [2.24, 2.45) is 0 Å². The van der Waals surface area contributed by atoms with Crippen molar-refractivity contribution in [3.8, 4) is 0 Å². The maximum atomic E-state index is 5.68. The van der Waals surface area contributed by atoms with E-state index in [0.717, 1.165) is 19.7 Å². The van der Waals surface area contributed by atoms with Gasteiger partial charge in [0.2, 0.25) is 0 Å². The lowest BCUT2D eigenvalue weighted by Crippen LogP contribution is -2.32. The quantitative estimate of drug-likeness (QED) is 0.661. The van der Waals surface area contributed by atoms with Crippen molar-refractivity contribution in [1.82, 2.24) is 10.2 Å². The van der Waals surface area contributed by atoms with Crippen LogP contribution in [-0.2, 0) is 4.74 Å². The molecule has 1 heterocycles. The number of nitrogens with one attached hydrogen (secondary N) is 1. The third-order valence-corrected chi connectivity index (χ3v) is 3.64. The van der Waals surface area contributed by atoms with Crippen molar-refractivity contribution in [2.75, 3.05) is 33.3 Å². The molecule has 1 fully saturated rings. The summed E-state index contributed by atoms with van der Waals surface area (Å²) in [6.45, 7) is 8.84. The van der Waals surface area contributed by atoms with Crippen LogP contribution in [0.1, 0.15) is 46.0 Å². The Labute approximate surface area is 107 Å². The second kappa shape index (κ2) is 8.90. The predicted octanol–water partition coefficient (Wildman–Crippen LogP) is 2.27. The molecule has 17 heavy (non-hydrogen) atoms. The SMILES string of the molecule is CC(C)N(C)CCCCNCC1CCCCO1. The molecule has 1 aliphatic heterocycles. The maximum Gasteiger partial charge on any atom is 0.0699 e. The standard InChI is InChI=1S/C14H30N2O/c1-13(2)16(3)10-6-5-9-15-12-14-8-4-7-11-17-14/h13-15H,4-12H2,1-3H3. The van der Waals surface area contributed by atoms with E-state index in [1.807, 2.05) is 0 Å². The fraction of sp³-hybridized carbons (Fsp3) is 1.00. The summed E-state index contributed by atoms with van der Waals surface area (Å²) >= 11 is 0. The van der Waals surface area contributed by atoms with E-state index in [1.165, 1.54) is 38.6 Å². The molecule has 1 aliphatic rings. The summed E-state index contributed by atoms with van der Waals surface area (Å²) in [6, 6.07) is 0.665. The maximum absolute atomic E-state index is 5.68. The van der Waals surface area contributed by atoms with Crippen LogP contribution in [0, 0.1) is 0 Å². The summed E-state index contributed by atoms with van der Waals surface area (Å²) in [5.41, 5.74) is 0. The van der Waals surface area contributed by atoms with Gasteiger partial charge in [-0.15, -0.1) is 0 Å². The Kier molecular flexibility index (Phi) is 7.82. The number of ether oxygens (including phenoxy) is 1. The van der Waals surface area contributed by atoms with Gasteiger partial charge < -0.3 is 15.0 Å². The van der Waals surface area contributed by atoms with Gasteiger partial charge in [0.1, 0.15) is 0 Å². The van der Waals surface area contributed by atoms with E-state index in [1.54, 1.807) is 0 Å². The summed E-state index contributed by atoms with van der Waals surface area (Å²) in [5, 5.41) is 3.51. The number of rotatable bonds is 8. The highest BCUT2D eigenvalue weighted by atomic mass is 16.5. The zero-order valence-corrected chi connectivity index (χ0v) is 11.9. The van der Waals surface area contributed by atoms with Gasteiger partial charge in [0.15, 0.2) is 0 Å². The number of nitrogens with zero attached hydrogens (tertiary/aromatic N) is 1. The zero-order valence-electron chi connectivity index (χ0n) is 11.9. The van der Waals surface area contributed by atoms with Crippen LogP contribution in [0.15, 0.2) is 0 Å². The van der Waals surface area contributed by atoms with Crippen LogP contribution in [0.3, 0.4) is 0 Å². The van der Waals surface area contributed by atoms with Crippen LogP contribution in [-0.4, -0.2) is 50.3 Å². The second-order valence-corrected chi connectivity index (χ2v) is 5.47. The molecule has 0 aromatic heterocycles. The van der Waals surface area contributed by atoms with E-state index in [4.69, 9.17) is 4.74 Å². The Morgan fingerprint density at radius 1 is 1.29 bits per heavy atom. The van der Waals surface area contributed by atoms with Gasteiger partial charge in [0.05, 0.1) is 6.10 Å². The number of unbranched alkanes of at least 4 members (excludes halogenated alkanes) is 1. The average molecular weight is 242 g/mol. The molecule has 102 valence electrons. The van der Waals surface area contributed by atoms with Gasteiger partial charge in [0.25, 0.3) is 0 Å². The normalized spacial score (nSPS) is 21.4. The Bertz CT molecular complexity index is 179. The van der Waals surface area contributed by atoms with Crippen molar-refractivity contribution >= 4 is 0 Å². The van der Waals surface area contributed by atoms with E-state index in [-0.39, 0.29) is 0 Å². The van der Waals surface area contributed by atoms with E-state index in [0.29, 0.717) is 12.1 Å². The molecule has 0 aromatic rings. The topological polar surface area (TPSA) is 24.5 Å². The monoisotopic (exact) mass is 242 g/mol. The molecule has 3 nitrogen and oxygen atoms in total. The molecule has 0 saturated carbocycles. The van der Waals surface area contributed by atoms with Crippen molar-refractivity contribution in [2.45, 2.75) is 58.1 Å². The van der Waals surface area contributed by atoms with Crippen molar-refractivity contribution in [3.63, 3.8) is 0 Å². The first-order valence-corrected chi connectivity index (χ1v) is 7.22. The first-order valence-electron chi connectivity index (χ1n) is 7.22. The Morgan fingerprint density at radius 3 is 2.76 bits per heavy atom. The van der Waals surface area contributed by atoms with Crippen LogP contribution < -0.4 is 5.32 Å². The van der Waals surface area contributed by atoms with E-state index >= 15 is 0 Å². The molecule has 0 bridgehead atoms. The minimum absolute atomic E-state index is 0.474. The predicted molar refractivity (Wildman–Crippen MR) is 73.5 cm³/mol. The second-order valence-electron chi connectivity index (χ2n) is 5.47. The van der Waals surface area contributed by atoms with Gasteiger partial charge in [-0.05, 0) is 66.1 Å². The van der Waals surface area contributed by atoms with E-state index < -0.39 is 0 Å². The molecular weight excluding hydrogens is 212 g/mol. The average Bonchev–Trinajstić information content (AvgIpc) is 2.34. The minimum Gasteiger partial charge on any atom is -0.377 e. The number of hydrogen-bond donors (Lipinski definition) is 1. The lowest BCUT2D eigenvalue weighted by Gasteiger charge is -2.23. The van der Waals surface area contributed by atoms with Crippen LogP contribution in [0.25, 0.3) is 0 Å². The van der Waals surface area contributed by atoms with Crippen LogP contribution in [0.2, 0.25) is 0 Å². The highest BCUT2D eigenvalue weighted by Crippen LogP contribution is 2.11. The van der Waals surface area contributed by atoms with Gasteiger partial charge in [-0.2, -0.15) is 0 Å². The van der Waals surface area contributed by atoms with Gasteiger partial charge in [-0.3, -0.25) is 0 Å². The molecule has 0 aliphatic carbocycles. The largest absolute Gasteiger partial charge is 0.377 e. The molecule has 1 atom stereocenters. The molecule has 1 N–H and O–H groups in total. The molecule has 1 rings (SSSR count). The molecule has 1 saturated heterocycles. The summed E-state index contributed by atoms with van der Waals surface area (Å²) in [5.74, 6) is 0. The molecule has 0 radical (unpaired) electrons. The lowest BCUT2D eigenvalue weighted by atomic mass is 10.1. The summed E-state index contributed by atoms with van der Waals surface area (Å²) in [4.78, 5) is 2.41. The fourth-order valence-corrected chi connectivity index (χ4v) is 2.10. The van der Waals surface area contributed by atoms with Crippen LogP contribution >= 0.6 is 0 Å². The molecule has 1 unspecified atom stereocenters. The highest BCUT2D eigenvalue weighted by molar-refractivity contribution is 4.66. The zero-order chi connectivity index (χ0) is 12.5. The van der Waals surface area contributed by atoms with Crippen molar-refractivity contribution in [1.29, 1.82) is 0 Å². The minimum atomic E-state index is 0.474. The third-order valence-electron chi connectivity index (χ3n) is 3.64. The number of hydrogen-bond acceptors (Lipinski definition) is 3. The van der Waals surface area contributed by atoms with Crippen molar-refractivity contribution in [3.05, 3.63) is 0 Å². The highest BCUT2D eigenvalue weighted by Gasteiger charge is 2.12. The molecule has 0 amide bonds. The fourth-order valence-electron chi connectivity index (χ4n) is 2.10. The molecule has 0 spiro atoms. The first kappa shape index (κ1) is 14.9. The van der Waals surface area contributed by atoms with E-state index in [9.17, 15) is 0 Å². The summed E-state index contributed by atoms with van der Waals surface area (Å²) in [7, 11) is 2.20. The van der Waals surface area contributed by atoms with Gasteiger partial charge in [-0.1, -0.05) is 0 Å². The summed E-state index contributed by atoms with van der Waals surface area (Å²) in [6.07, 6.45) is 6.85. The van der Waals surface area contributed by atoms with Crippen LogP contribution in [0.5, 0.6) is 0 Å². The van der Waals surface area contributed by atoms with E-state index in [2.05, 4.69) is 31.1 Å². The van der Waals surface area contributed by atoms with Crippen molar-refractivity contribution < 1.29 is 4.74 Å². The Morgan fingerprint density at radius 2 is 2.12 bits per heavy atom. The van der Waals surface area contributed by atoms with Gasteiger partial charge in [-0.25, -0.2) is 0 Å². The first-order chi connectivity index (χ1) is 8.20. The van der Waals surface area contributed by atoms with Crippen LogP contribution in [0.4, 0.5) is 0 Å². The van der Waals surface area contributed by atoms with Gasteiger partial charge in [0, 0.05) is 19.2 Å². The molecule has 3 heteroatoms. The summed E-state index contributed by atoms with van der Waals surface area (Å²) < 4.78 is 5.68. The smallest absolute Gasteiger partial charge is 0.0699 e. The molecular formula is C14H30N2O. The van der Waals surface area contributed by atoms with Gasteiger partial charge >= 0.3 is 0 Å². The Balaban J connectivity index is 1.87. The lowest BCUT2D eigenvalue weighted by molar-refractivity contribution is 0.0170. The molecule has 0 aromatic carbocycles.